The number of halogens is 1. The number of ether oxygens (including phenoxy) is 1. The van der Waals surface area contributed by atoms with Crippen LogP contribution in [0, 0.1) is 24.6 Å². The van der Waals surface area contributed by atoms with Gasteiger partial charge in [0.2, 0.25) is 6.23 Å². The Balaban J connectivity index is 0.000000481. The summed E-state index contributed by atoms with van der Waals surface area (Å²) in [5, 5.41) is 19.4. The predicted molar refractivity (Wildman–Crippen MR) is 152 cm³/mol. The molecule has 2 aromatic rings. The first-order valence-corrected chi connectivity index (χ1v) is 12.0. The lowest BCUT2D eigenvalue weighted by Crippen LogP contribution is -2.44. The second-order valence-corrected chi connectivity index (χ2v) is 8.34. The van der Waals surface area contributed by atoms with Crippen LogP contribution in [0.3, 0.4) is 0 Å². The zero-order valence-electron chi connectivity index (χ0n) is 21.9. The highest BCUT2D eigenvalue weighted by Crippen LogP contribution is 2.32. The number of hydrogen-bond donors (Lipinski definition) is 2. The number of methoxy groups -OCH3 is 1. The van der Waals surface area contributed by atoms with Crippen LogP contribution < -0.4 is 10.1 Å². The first-order chi connectivity index (χ1) is 18.5. The van der Waals surface area contributed by atoms with E-state index in [0.29, 0.717) is 0 Å². The molecule has 2 heterocycles. The SMILES string of the molecule is C#C.C=N/C(C)=C\Nc1ccc(/C=C2\CCCN3C2=NOC3[C@@H](C)/C=N/O)cc1OC.Fc1ccccc1. The van der Waals surface area contributed by atoms with Crippen LogP contribution in [-0.4, -0.2) is 48.8 Å². The van der Waals surface area contributed by atoms with E-state index < -0.39 is 0 Å². The standard InChI is InChI=1S/C21H27N5O3.C6H5F.C2H2/c1-14(12-24-27)21-26-9-5-6-17(20(26)25-29-21)10-16-7-8-18(19(11-16)28-4)23-13-15(2)22-3;7-6-4-2-1-3-5-6;1-2/h7-8,10-14,21,23,27H,3,5-6,9H2,1-2,4H3;1-5H;1-2H/b15-13-,17-10+,24-12+;;/t14-,21?;;/m0../s1. The molecule has 2 atom stereocenters. The number of piperidine rings is 1. The highest BCUT2D eigenvalue weighted by molar-refractivity contribution is 6.03. The Bertz CT molecular complexity index is 1190. The molecule has 0 bridgehead atoms. The third-order valence-electron chi connectivity index (χ3n) is 5.70. The van der Waals surface area contributed by atoms with Crippen LogP contribution in [0.5, 0.6) is 5.75 Å². The summed E-state index contributed by atoms with van der Waals surface area (Å²) in [6.45, 7) is 8.17. The molecule has 9 heteroatoms. The summed E-state index contributed by atoms with van der Waals surface area (Å²) >= 11 is 0. The number of amidine groups is 1. The summed E-state index contributed by atoms with van der Waals surface area (Å²) < 4.78 is 17.4. The van der Waals surface area contributed by atoms with E-state index in [9.17, 15) is 4.39 Å². The summed E-state index contributed by atoms with van der Waals surface area (Å²) in [7, 11) is 1.64. The fourth-order valence-electron chi connectivity index (χ4n) is 3.82. The number of oxime groups is 2. The molecule has 2 N–H and O–H groups in total. The summed E-state index contributed by atoms with van der Waals surface area (Å²) in [5.74, 6) is 1.32. The zero-order chi connectivity index (χ0) is 27.9. The molecule has 1 fully saturated rings. The van der Waals surface area contributed by atoms with Gasteiger partial charge in [-0.05, 0) is 68.0 Å². The van der Waals surface area contributed by atoms with Crippen molar-refractivity contribution in [1.29, 1.82) is 0 Å². The van der Waals surface area contributed by atoms with Crippen molar-refractivity contribution in [3.8, 4) is 18.6 Å². The van der Waals surface area contributed by atoms with Crippen LogP contribution in [0.1, 0.15) is 32.3 Å². The molecule has 0 amide bonds. The van der Waals surface area contributed by atoms with Gasteiger partial charge in [-0.15, -0.1) is 18.0 Å². The van der Waals surface area contributed by atoms with Crippen molar-refractivity contribution in [3.63, 3.8) is 0 Å². The number of rotatable bonds is 7. The fourth-order valence-corrected chi connectivity index (χ4v) is 3.82. The van der Waals surface area contributed by atoms with Crippen molar-refractivity contribution in [2.24, 2.45) is 21.2 Å². The van der Waals surface area contributed by atoms with E-state index in [4.69, 9.17) is 14.8 Å². The molecule has 1 unspecified atom stereocenters. The minimum atomic E-state index is -0.251. The lowest BCUT2D eigenvalue weighted by atomic mass is 9.98. The number of fused-ring (bicyclic) bond motifs is 1. The van der Waals surface area contributed by atoms with Crippen LogP contribution >= 0.6 is 0 Å². The maximum absolute atomic E-state index is 11.9. The van der Waals surface area contributed by atoms with E-state index in [1.165, 1.54) is 18.3 Å². The van der Waals surface area contributed by atoms with E-state index >= 15 is 0 Å². The van der Waals surface area contributed by atoms with Gasteiger partial charge in [-0.25, -0.2) is 4.39 Å². The number of benzene rings is 2. The van der Waals surface area contributed by atoms with Gasteiger partial charge in [0.25, 0.3) is 0 Å². The molecule has 2 aliphatic heterocycles. The summed E-state index contributed by atoms with van der Waals surface area (Å²) in [6, 6.07) is 13.9. The van der Waals surface area contributed by atoms with Gasteiger partial charge in [-0.2, -0.15) is 0 Å². The first kappa shape index (κ1) is 29.6. The predicted octanol–water partition coefficient (Wildman–Crippen LogP) is 5.99. The van der Waals surface area contributed by atoms with Gasteiger partial charge in [0.05, 0.1) is 30.6 Å². The smallest absolute Gasteiger partial charge is 0.209 e. The normalized spacial score (nSPS) is 18.1. The third-order valence-corrected chi connectivity index (χ3v) is 5.70. The Hall–Kier alpha value is -4.58. The molecule has 2 aromatic carbocycles. The topological polar surface area (TPSA) is 91.0 Å². The van der Waals surface area contributed by atoms with Crippen molar-refractivity contribution < 1.29 is 19.2 Å². The van der Waals surface area contributed by atoms with Gasteiger partial charge in [0.15, 0.2) is 5.84 Å². The molecule has 2 aliphatic rings. The number of allylic oxidation sites excluding steroid dienone is 1. The molecule has 1 saturated heterocycles. The molecular weight excluding hydrogens is 485 g/mol. The number of nitrogens with one attached hydrogen (secondary N) is 1. The van der Waals surface area contributed by atoms with Crippen LogP contribution in [-0.2, 0) is 4.84 Å². The molecule has 38 heavy (non-hydrogen) atoms. The highest BCUT2D eigenvalue weighted by atomic mass is 19.1. The number of terminal acetylenes is 1. The minimum Gasteiger partial charge on any atom is -0.495 e. The van der Waals surface area contributed by atoms with E-state index in [-0.39, 0.29) is 18.0 Å². The van der Waals surface area contributed by atoms with E-state index in [1.807, 2.05) is 32.0 Å². The van der Waals surface area contributed by atoms with Crippen LogP contribution in [0.2, 0.25) is 0 Å². The van der Waals surface area contributed by atoms with Gasteiger partial charge in [-0.3, -0.25) is 4.99 Å². The third kappa shape index (κ3) is 8.23. The molecule has 200 valence electrons. The van der Waals surface area contributed by atoms with Gasteiger partial charge >= 0.3 is 0 Å². The van der Waals surface area contributed by atoms with E-state index in [2.05, 4.69) is 51.2 Å². The summed E-state index contributed by atoms with van der Waals surface area (Å²) in [5.41, 5.74) is 3.76. The first-order valence-electron chi connectivity index (χ1n) is 12.0. The number of nitrogens with zero attached hydrogens (tertiary/aromatic N) is 4. The van der Waals surface area contributed by atoms with Crippen LogP contribution in [0.15, 0.2) is 81.3 Å². The maximum atomic E-state index is 11.9. The second kappa shape index (κ2) is 15.5. The Morgan fingerprint density at radius 3 is 2.66 bits per heavy atom. The maximum Gasteiger partial charge on any atom is 0.209 e. The Kier molecular flexibility index (Phi) is 12.1. The molecule has 4 rings (SSSR count). The highest BCUT2D eigenvalue weighted by Gasteiger charge is 2.37. The monoisotopic (exact) mass is 519 g/mol. The summed E-state index contributed by atoms with van der Waals surface area (Å²) in [6.07, 6.45) is 15.0. The minimum absolute atomic E-state index is 0.0763. The lowest BCUT2D eigenvalue weighted by Gasteiger charge is -2.31. The fraction of sp³-hybridized carbons (Fsp3) is 0.276. The molecule has 0 radical (unpaired) electrons. The van der Waals surface area contributed by atoms with Crippen molar-refractivity contribution in [1.82, 2.24) is 4.90 Å². The average molecular weight is 520 g/mol. The molecule has 8 nitrogen and oxygen atoms in total. The summed E-state index contributed by atoms with van der Waals surface area (Å²) in [4.78, 5) is 11.6. The van der Waals surface area contributed by atoms with Gasteiger partial charge in [-0.1, -0.05) is 36.3 Å². The van der Waals surface area contributed by atoms with Crippen LogP contribution in [0.4, 0.5) is 10.1 Å². The Labute approximate surface area is 223 Å². The van der Waals surface area contributed by atoms with E-state index in [0.717, 1.165) is 53.5 Å². The Morgan fingerprint density at radius 2 is 2.05 bits per heavy atom. The number of hydrogen-bond acceptors (Lipinski definition) is 8. The second-order valence-electron chi connectivity index (χ2n) is 8.34. The Morgan fingerprint density at radius 1 is 1.32 bits per heavy atom. The van der Waals surface area contributed by atoms with Gasteiger partial charge in [0, 0.05) is 12.7 Å². The zero-order valence-corrected chi connectivity index (χ0v) is 21.9. The van der Waals surface area contributed by atoms with Crippen molar-refractivity contribution in [3.05, 3.63) is 77.4 Å². The quantitative estimate of drug-likeness (QED) is 0.203. The van der Waals surface area contributed by atoms with E-state index in [1.54, 1.807) is 31.5 Å². The molecule has 0 aliphatic carbocycles. The number of anilines is 1. The molecule has 0 aromatic heterocycles. The van der Waals surface area contributed by atoms with Crippen molar-refractivity contribution in [2.45, 2.75) is 32.9 Å². The number of aliphatic imine (C=N–C) groups is 1. The van der Waals surface area contributed by atoms with Crippen LogP contribution in [0.25, 0.3) is 6.08 Å². The largest absolute Gasteiger partial charge is 0.495 e. The molecular formula is C29H34FN5O3. The van der Waals surface area contributed by atoms with Crippen molar-refractivity contribution >= 4 is 30.5 Å². The molecule has 0 saturated carbocycles. The average Bonchev–Trinajstić information content (AvgIpc) is 3.39. The van der Waals surface area contributed by atoms with Crippen molar-refractivity contribution in [2.75, 3.05) is 19.0 Å². The van der Waals surface area contributed by atoms with Gasteiger partial charge in [0.1, 0.15) is 11.6 Å². The van der Waals surface area contributed by atoms with Gasteiger partial charge < -0.3 is 25.0 Å². The molecule has 0 spiro atoms. The lowest BCUT2D eigenvalue weighted by molar-refractivity contribution is -0.00941.